The second-order valence-electron chi connectivity index (χ2n) is 17.5. The minimum absolute atomic E-state index is 0.259. The van der Waals surface area contributed by atoms with Gasteiger partial charge >= 0.3 is 0 Å². The molecule has 1 saturated heterocycles. The summed E-state index contributed by atoms with van der Waals surface area (Å²) in [6, 6.07) is -1.18. The number of rotatable bonds is 41. The Kier molecular flexibility index (Phi) is 36.5. The fourth-order valence-corrected chi connectivity index (χ4v) is 7.97. The standard InChI is InChI=1S/C48H93NO10/c1-3-5-7-9-11-13-15-17-18-19-20-21-22-23-24-26-28-30-32-34-36-41(52)47(57)49-39(38-58-48-46(56)45(55)44(54)42(37-50)59-48)43(53)40(51)35-33-31-29-27-25-16-14-12-10-8-6-4-2/h27,29,39-46,48,50-56H,3-26,28,30-38H2,1-2H3,(H,49,57)/b29-27-/t39-,40+,41+,42+,43-,44+,45-,46+,48+/m0/s1. The van der Waals surface area contributed by atoms with Gasteiger partial charge in [-0.05, 0) is 38.5 Å². The molecule has 0 aromatic rings. The number of carbonyl (C=O) groups excluding carboxylic acids is 1. The van der Waals surface area contributed by atoms with Crippen LogP contribution >= 0.6 is 0 Å². The van der Waals surface area contributed by atoms with Crippen LogP contribution in [0.4, 0.5) is 0 Å². The van der Waals surface area contributed by atoms with Gasteiger partial charge in [-0.15, -0.1) is 0 Å². The molecule has 0 spiro atoms. The van der Waals surface area contributed by atoms with E-state index in [-0.39, 0.29) is 12.8 Å². The Hall–Kier alpha value is -1.15. The van der Waals surface area contributed by atoms with Crippen LogP contribution in [-0.4, -0.2) is 110 Å². The minimum Gasteiger partial charge on any atom is -0.394 e. The summed E-state index contributed by atoms with van der Waals surface area (Å²) in [5.41, 5.74) is 0. The Balaban J connectivity index is 2.39. The van der Waals surface area contributed by atoms with Crippen LogP contribution in [-0.2, 0) is 14.3 Å². The number of hydrogen-bond acceptors (Lipinski definition) is 10. The largest absolute Gasteiger partial charge is 0.394 e. The first-order valence-corrected chi connectivity index (χ1v) is 24.6. The van der Waals surface area contributed by atoms with E-state index in [0.717, 1.165) is 38.5 Å². The van der Waals surface area contributed by atoms with Crippen molar-refractivity contribution in [2.24, 2.45) is 0 Å². The lowest BCUT2D eigenvalue weighted by atomic mass is 9.98. The quantitative estimate of drug-likeness (QED) is 0.0219. The van der Waals surface area contributed by atoms with Gasteiger partial charge in [0.2, 0.25) is 5.91 Å². The Morgan fingerprint density at radius 3 is 1.46 bits per heavy atom. The fourth-order valence-electron chi connectivity index (χ4n) is 7.97. The van der Waals surface area contributed by atoms with Gasteiger partial charge in [0, 0.05) is 0 Å². The van der Waals surface area contributed by atoms with Gasteiger partial charge in [-0.25, -0.2) is 0 Å². The highest BCUT2D eigenvalue weighted by Gasteiger charge is 2.44. The van der Waals surface area contributed by atoms with Gasteiger partial charge in [0.05, 0.1) is 25.4 Å². The number of allylic oxidation sites excluding steroid dienone is 2. The molecule has 0 aromatic carbocycles. The van der Waals surface area contributed by atoms with E-state index in [1.807, 2.05) is 0 Å². The lowest BCUT2D eigenvalue weighted by Crippen LogP contribution is -2.60. The zero-order valence-electron chi connectivity index (χ0n) is 37.7. The van der Waals surface area contributed by atoms with Crippen LogP contribution in [0.3, 0.4) is 0 Å². The van der Waals surface area contributed by atoms with E-state index in [2.05, 4.69) is 31.3 Å². The van der Waals surface area contributed by atoms with Gasteiger partial charge in [-0.3, -0.25) is 4.79 Å². The van der Waals surface area contributed by atoms with Gasteiger partial charge in [0.15, 0.2) is 6.29 Å². The monoisotopic (exact) mass is 844 g/mol. The van der Waals surface area contributed by atoms with Crippen LogP contribution in [0.1, 0.15) is 219 Å². The molecular weight excluding hydrogens is 751 g/mol. The lowest BCUT2D eigenvalue weighted by Gasteiger charge is -2.40. The molecule has 1 aliphatic rings. The molecule has 0 bridgehead atoms. The molecule has 1 aliphatic heterocycles. The van der Waals surface area contributed by atoms with Crippen molar-refractivity contribution in [3.63, 3.8) is 0 Å². The Labute approximate surface area is 360 Å². The topological polar surface area (TPSA) is 189 Å². The summed E-state index contributed by atoms with van der Waals surface area (Å²) in [7, 11) is 0. The summed E-state index contributed by atoms with van der Waals surface area (Å²) < 4.78 is 11.1. The van der Waals surface area contributed by atoms with Gasteiger partial charge in [0.25, 0.3) is 0 Å². The van der Waals surface area contributed by atoms with E-state index in [0.29, 0.717) is 12.8 Å². The summed E-state index contributed by atoms with van der Waals surface area (Å²) >= 11 is 0. The highest BCUT2D eigenvalue weighted by molar-refractivity contribution is 5.80. The van der Waals surface area contributed by atoms with Gasteiger partial charge in [-0.2, -0.15) is 0 Å². The van der Waals surface area contributed by atoms with Crippen molar-refractivity contribution in [2.75, 3.05) is 13.2 Å². The SMILES string of the molecule is CCCCCCCCC/C=C\CCC[C@@H](O)[C@@H](O)[C@H](CO[C@@H]1O[C@H](CO)[C@@H](O)[C@H](O)[C@H]1O)NC(=O)[C@H](O)CCCCCCCCCCCCCCCCCCCCCC. The predicted octanol–water partition coefficient (Wildman–Crippen LogP) is 8.45. The second kappa shape index (κ2) is 38.5. The molecule has 11 nitrogen and oxygen atoms in total. The number of amides is 1. The number of hydrogen-bond donors (Lipinski definition) is 8. The minimum atomic E-state index is -1.66. The van der Waals surface area contributed by atoms with E-state index in [1.54, 1.807) is 0 Å². The Morgan fingerprint density at radius 1 is 0.576 bits per heavy atom. The first-order valence-electron chi connectivity index (χ1n) is 24.6. The molecule has 9 atom stereocenters. The Bertz CT molecular complexity index is 970. The number of carbonyl (C=O) groups is 1. The fraction of sp³-hybridized carbons (Fsp3) is 0.938. The molecule has 0 aliphatic carbocycles. The van der Waals surface area contributed by atoms with Crippen LogP contribution < -0.4 is 5.32 Å². The molecule has 1 fully saturated rings. The summed E-state index contributed by atoms with van der Waals surface area (Å²) in [6.45, 7) is 3.42. The van der Waals surface area contributed by atoms with Crippen molar-refractivity contribution in [3.8, 4) is 0 Å². The first-order chi connectivity index (χ1) is 28.7. The maximum Gasteiger partial charge on any atom is 0.249 e. The molecule has 0 saturated carbocycles. The molecule has 1 amide bonds. The maximum atomic E-state index is 13.1. The van der Waals surface area contributed by atoms with Gasteiger partial charge < -0.3 is 50.5 Å². The first kappa shape index (κ1) is 55.9. The average Bonchev–Trinajstić information content (AvgIpc) is 3.23. The van der Waals surface area contributed by atoms with E-state index < -0.39 is 74.2 Å². The molecule has 1 rings (SSSR count). The van der Waals surface area contributed by atoms with Crippen LogP contribution in [0.5, 0.6) is 0 Å². The highest BCUT2D eigenvalue weighted by atomic mass is 16.7. The van der Waals surface area contributed by atoms with E-state index in [4.69, 9.17) is 9.47 Å². The lowest BCUT2D eigenvalue weighted by molar-refractivity contribution is -0.303. The highest BCUT2D eigenvalue weighted by Crippen LogP contribution is 2.23. The molecule has 350 valence electrons. The number of aliphatic hydroxyl groups excluding tert-OH is 7. The molecule has 1 heterocycles. The van der Waals surface area contributed by atoms with E-state index in [9.17, 15) is 40.5 Å². The normalized spacial score (nSPS) is 21.8. The second-order valence-corrected chi connectivity index (χ2v) is 17.5. The van der Waals surface area contributed by atoms with Crippen molar-refractivity contribution >= 4 is 5.91 Å². The number of nitrogens with one attached hydrogen (secondary N) is 1. The van der Waals surface area contributed by atoms with Crippen molar-refractivity contribution in [1.82, 2.24) is 5.32 Å². The van der Waals surface area contributed by atoms with E-state index >= 15 is 0 Å². The third kappa shape index (κ3) is 28.2. The summed E-state index contributed by atoms with van der Waals surface area (Å²) in [5.74, 6) is -0.704. The number of aliphatic hydroxyl groups is 7. The van der Waals surface area contributed by atoms with Gasteiger partial charge in [0.1, 0.15) is 36.6 Å². The van der Waals surface area contributed by atoms with Gasteiger partial charge in [-0.1, -0.05) is 193 Å². The zero-order valence-corrected chi connectivity index (χ0v) is 37.7. The Morgan fingerprint density at radius 2 is 1.00 bits per heavy atom. The summed E-state index contributed by atoms with van der Waals surface area (Å²) in [4.78, 5) is 13.1. The predicted molar refractivity (Wildman–Crippen MR) is 238 cm³/mol. The summed E-state index contributed by atoms with van der Waals surface area (Å²) in [5, 5.41) is 75.6. The van der Waals surface area contributed by atoms with Crippen molar-refractivity contribution in [3.05, 3.63) is 12.2 Å². The van der Waals surface area contributed by atoms with Crippen LogP contribution in [0.2, 0.25) is 0 Å². The zero-order chi connectivity index (χ0) is 43.4. The molecule has 8 N–H and O–H groups in total. The van der Waals surface area contributed by atoms with Crippen molar-refractivity contribution in [2.45, 2.75) is 274 Å². The van der Waals surface area contributed by atoms with E-state index in [1.165, 1.54) is 141 Å². The van der Waals surface area contributed by atoms with Crippen LogP contribution in [0.25, 0.3) is 0 Å². The number of unbranched alkanes of at least 4 members (excludes halogenated alkanes) is 27. The molecule has 11 heteroatoms. The molecule has 59 heavy (non-hydrogen) atoms. The summed E-state index contributed by atoms with van der Waals surface area (Å²) in [6.07, 6.45) is 29.8. The molecule has 0 radical (unpaired) electrons. The smallest absolute Gasteiger partial charge is 0.249 e. The van der Waals surface area contributed by atoms with Crippen molar-refractivity contribution in [1.29, 1.82) is 0 Å². The maximum absolute atomic E-state index is 13.1. The van der Waals surface area contributed by atoms with Crippen LogP contribution in [0, 0.1) is 0 Å². The van der Waals surface area contributed by atoms with Crippen LogP contribution in [0.15, 0.2) is 12.2 Å². The van der Waals surface area contributed by atoms with Crippen molar-refractivity contribution < 1.29 is 50.0 Å². The molecule has 0 aromatic heterocycles. The molecule has 0 unspecified atom stereocenters. The average molecular weight is 844 g/mol. The third-order valence-corrected chi connectivity index (χ3v) is 12.1. The number of ether oxygens (including phenoxy) is 2. The molecular formula is C48H93NO10. The third-order valence-electron chi connectivity index (χ3n) is 12.1.